The summed E-state index contributed by atoms with van der Waals surface area (Å²) >= 11 is 0. The maximum atomic E-state index is 5.82. The van der Waals surface area contributed by atoms with Crippen molar-refractivity contribution < 1.29 is 4.74 Å². The fraction of sp³-hybridized carbons (Fsp3) is 0.571. The Bertz CT molecular complexity index is 400. The number of hydrogen-bond acceptors (Lipinski definition) is 4. The van der Waals surface area contributed by atoms with E-state index in [1.165, 1.54) is 5.56 Å². The maximum Gasteiger partial charge on any atom is 0.119 e. The van der Waals surface area contributed by atoms with E-state index in [4.69, 9.17) is 10.5 Å². The van der Waals surface area contributed by atoms with E-state index in [9.17, 15) is 0 Å². The monoisotopic (exact) mass is 249 g/mol. The quantitative estimate of drug-likeness (QED) is 0.760. The molecule has 1 aromatic carbocycles. The minimum absolute atomic E-state index is 0.0273. The number of nitrogens with one attached hydrogen (secondary N) is 2. The van der Waals surface area contributed by atoms with E-state index < -0.39 is 0 Å². The van der Waals surface area contributed by atoms with E-state index in [1.54, 1.807) is 0 Å². The van der Waals surface area contributed by atoms with Crippen LogP contribution in [0.15, 0.2) is 24.3 Å². The van der Waals surface area contributed by atoms with Crippen LogP contribution in [-0.2, 0) is 5.41 Å². The molecule has 18 heavy (non-hydrogen) atoms. The summed E-state index contributed by atoms with van der Waals surface area (Å²) in [6.45, 7) is 7.24. The molecule has 4 nitrogen and oxygen atoms in total. The van der Waals surface area contributed by atoms with E-state index >= 15 is 0 Å². The summed E-state index contributed by atoms with van der Waals surface area (Å²) < 4.78 is 5.82. The molecule has 2 atom stereocenters. The first kappa shape index (κ1) is 13.3. The molecule has 2 rings (SSSR count). The van der Waals surface area contributed by atoms with Crippen molar-refractivity contribution in [1.29, 1.82) is 0 Å². The van der Waals surface area contributed by atoms with E-state index in [1.807, 2.05) is 12.1 Å². The van der Waals surface area contributed by atoms with Gasteiger partial charge in [0.2, 0.25) is 0 Å². The molecule has 100 valence electrons. The van der Waals surface area contributed by atoms with E-state index in [2.05, 4.69) is 43.8 Å². The third-order valence-corrected chi connectivity index (χ3v) is 3.16. The smallest absolute Gasteiger partial charge is 0.119 e. The average Bonchev–Trinajstić information content (AvgIpc) is 2.72. The summed E-state index contributed by atoms with van der Waals surface area (Å²) in [6, 6.07) is 8.57. The lowest BCUT2D eigenvalue weighted by atomic mass is 9.87. The van der Waals surface area contributed by atoms with E-state index in [0.717, 1.165) is 12.2 Å². The maximum absolute atomic E-state index is 5.82. The second-order valence-corrected chi connectivity index (χ2v) is 5.92. The first-order valence-electron chi connectivity index (χ1n) is 6.45. The molecule has 0 radical (unpaired) electrons. The average molecular weight is 249 g/mol. The Morgan fingerprint density at radius 1 is 1.33 bits per heavy atom. The summed E-state index contributed by atoms with van der Waals surface area (Å²) in [5.41, 5.74) is 13.3. The molecule has 1 fully saturated rings. The molecule has 0 aliphatic carbocycles. The summed E-state index contributed by atoms with van der Waals surface area (Å²) in [6.07, 6.45) is 0.915. The zero-order chi connectivity index (χ0) is 13.2. The summed E-state index contributed by atoms with van der Waals surface area (Å²) in [5.74, 6) is 0.921. The molecular formula is C14H23N3O. The van der Waals surface area contributed by atoms with Gasteiger partial charge in [0.05, 0.1) is 12.2 Å². The molecule has 2 unspecified atom stereocenters. The van der Waals surface area contributed by atoms with Crippen molar-refractivity contribution in [3.63, 3.8) is 0 Å². The highest BCUT2D eigenvalue weighted by Gasteiger charge is 2.21. The lowest BCUT2D eigenvalue weighted by Gasteiger charge is -2.20. The van der Waals surface area contributed by atoms with Crippen LogP contribution in [0.5, 0.6) is 5.75 Å². The van der Waals surface area contributed by atoms with Crippen molar-refractivity contribution in [2.24, 2.45) is 5.73 Å². The third-order valence-electron chi connectivity index (χ3n) is 3.16. The molecule has 1 aromatic rings. The summed E-state index contributed by atoms with van der Waals surface area (Å²) in [4.78, 5) is 0. The third kappa shape index (κ3) is 3.45. The Balaban J connectivity index is 1.93. The van der Waals surface area contributed by atoms with Crippen molar-refractivity contribution in [3.8, 4) is 5.75 Å². The first-order chi connectivity index (χ1) is 8.45. The Morgan fingerprint density at radius 3 is 2.72 bits per heavy atom. The van der Waals surface area contributed by atoms with E-state index in [-0.39, 0.29) is 17.6 Å². The standard InChI is InChI=1S/C14H23N3O/c1-14(2,3)10-5-4-6-12(7-10)18-9-11-8-13(15)17-16-11/h4-7,11,13,16-17H,8-9,15H2,1-3H3. The molecule has 0 saturated carbocycles. The topological polar surface area (TPSA) is 59.3 Å². The fourth-order valence-corrected chi connectivity index (χ4v) is 2.01. The number of hydrogen-bond donors (Lipinski definition) is 3. The Hall–Kier alpha value is -1.10. The molecule has 1 aliphatic heterocycles. The Labute approximate surface area is 109 Å². The van der Waals surface area contributed by atoms with Crippen LogP contribution in [-0.4, -0.2) is 18.8 Å². The molecule has 1 saturated heterocycles. The number of nitrogens with two attached hydrogens (primary N) is 1. The van der Waals surface area contributed by atoms with Gasteiger partial charge in [0, 0.05) is 0 Å². The van der Waals surface area contributed by atoms with Crippen LogP contribution in [0.4, 0.5) is 0 Å². The van der Waals surface area contributed by atoms with Gasteiger partial charge in [-0.2, -0.15) is 0 Å². The Morgan fingerprint density at radius 2 is 2.11 bits per heavy atom. The van der Waals surface area contributed by atoms with Gasteiger partial charge in [0.25, 0.3) is 0 Å². The predicted octanol–water partition coefficient (Wildman–Crippen LogP) is 1.51. The molecule has 0 bridgehead atoms. The largest absolute Gasteiger partial charge is 0.492 e. The van der Waals surface area contributed by atoms with Crippen LogP contribution in [0.3, 0.4) is 0 Å². The molecule has 0 spiro atoms. The second-order valence-electron chi connectivity index (χ2n) is 5.92. The lowest BCUT2D eigenvalue weighted by molar-refractivity contribution is 0.272. The molecule has 1 heterocycles. The van der Waals surface area contributed by atoms with Gasteiger partial charge in [-0.1, -0.05) is 32.9 Å². The van der Waals surface area contributed by atoms with E-state index in [0.29, 0.717) is 6.61 Å². The SMILES string of the molecule is CC(C)(C)c1cccc(OCC2CC(N)NN2)c1. The molecule has 0 amide bonds. The summed E-state index contributed by atoms with van der Waals surface area (Å²) in [5, 5.41) is 0. The zero-order valence-corrected chi connectivity index (χ0v) is 11.4. The van der Waals surface area contributed by atoms with Gasteiger partial charge < -0.3 is 10.5 Å². The number of hydrazine groups is 1. The van der Waals surface area contributed by atoms with Crippen molar-refractivity contribution in [2.75, 3.05) is 6.61 Å². The molecule has 1 aliphatic rings. The normalized spacial score (nSPS) is 24.2. The van der Waals surface area contributed by atoms with Crippen LogP contribution in [0, 0.1) is 0 Å². The first-order valence-corrected chi connectivity index (χ1v) is 6.45. The lowest BCUT2D eigenvalue weighted by Crippen LogP contribution is -2.38. The van der Waals surface area contributed by atoms with Gasteiger partial charge in [-0.25, -0.2) is 10.9 Å². The van der Waals surface area contributed by atoms with Crippen LogP contribution < -0.4 is 21.3 Å². The molecule has 0 aromatic heterocycles. The minimum atomic E-state index is 0.0273. The van der Waals surface area contributed by atoms with Gasteiger partial charge >= 0.3 is 0 Å². The summed E-state index contributed by atoms with van der Waals surface area (Å²) in [7, 11) is 0. The fourth-order valence-electron chi connectivity index (χ4n) is 2.01. The molecule has 4 N–H and O–H groups in total. The predicted molar refractivity (Wildman–Crippen MR) is 73.3 cm³/mol. The van der Waals surface area contributed by atoms with Gasteiger partial charge in [-0.05, 0) is 29.5 Å². The number of rotatable bonds is 3. The van der Waals surface area contributed by atoms with Gasteiger partial charge in [0.15, 0.2) is 0 Å². The van der Waals surface area contributed by atoms with Crippen molar-refractivity contribution in [3.05, 3.63) is 29.8 Å². The van der Waals surface area contributed by atoms with Crippen molar-refractivity contribution >= 4 is 0 Å². The number of ether oxygens (including phenoxy) is 1. The minimum Gasteiger partial charge on any atom is -0.492 e. The molecular weight excluding hydrogens is 226 g/mol. The van der Waals surface area contributed by atoms with Crippen LogP contribution in [0.2, 0.25) is 0 Å². The van der Waals surface area contributed by atoms with Crippen LogP contribution >= 0.6 is 0 Å². The zero-order valence-electron chi connectivity index (χ0n) is 11.4. The van der Waals surface area contributed by atoms with Crippen LogP contribution in [0.1, 0.15) is 32.8 Å². The van der Waals surface area contributed by atoms with Gasteiger partial charge in [0.1, 0.15) is 12.4 Å². The number of benzene rings is 1. The van der Waals surface area contributed by atoms with Crippen molar-refractivity contribution in [2.45, 2.75) is 44.8 Å². The van der Waals surface area contributed by atoms with Gasteiger partial charge in [-0.15, -0.1) is 0 Å². The highest BCUT2D eigenvalue weighted by atomic mass is 16.5. The van der Waals surface area contributed by atoms with Crippen molar-refractivity contribution in [1.82, 2.24) is 10.9 Å². The highest BCUT2D eigenvalue weighted by Crippen LogP contribution is 2.25. The Kier molecular flexibility index (Phi) is 3.90. The second kappa shape index (κ2) is 5.26. The molecule has 4 heteroatoms. The highest BCUT2D eigenvalue weighted by molar-refractivity contribution is 5.32. The van der Waals surface area contributed by atoms with Gasteiger partial charge in [-0.3, -0.25) is 0 Å². The van der Waals surface area contributed by atoms with Crippen LogP contribution in [0.25, 0.3) is 0 Å².